The van der Waals surface area contributed by atoms with Crippen molar-refractivity contribution in [2.75, 3.05) is 32.9 Å². The largest absolute Gasteiger partial charge is 0.483 e. The van der Waals surface area contributed by atoms with Crippen LogP contribution >= 0.6 is 12.2 Å². The molecule has 1 aliphatic heterocycles. The van der Waals surface area contributed by atoms with Crippen LogP contribution in [0.5, 0.6) is 5.75 Å². The van der Waals surface area contributed by atoms with Crippen molar-refractivity contribution in [3.8, 4) is 5.75 Å². The number of benzene rings is 2. The van der Waals surface area contributed by atoms with Gasteiger partial charge in [0.2, 0.25) is 0 Å². The van der Waals surface area contributed by atoms with Crippen LogP contribution < -0.4 is 10.1 Å². The van der Waals surface area contributed by atoms with Gasteiger partial charge in [-0.25, -0.2) is 0 Å². The first-order chi connectivity index (χ1) is 11.2. The Morgan fingerprint density at radius 3 is 2.74 bits per heavy atom. The molecular formula is C17H18N2O3S. The SMILES string of the molecule is O=C(COc1cccc2ccccc12)NC(=S)N1CCOCC1. The molecule has 1 fully saturated rings. The molecule has 6 heteroatoms. The predicted octanol–water partition coefficient (Wildman–Crippen LogP) is 1.95. The minimum Gasteiger partial charge on any atom is -0.483 e. The van der Waals surface area contributed by atoms with Gasteiger partial charge >= 0.3 is 0 Å². The summed E-state index contributed by atoms with van der Waals surface area (Å²) in [4.78, 5) is 13.9. The molecule has 2 aromatic carbocycles. The number of hydrogen-bond donors (Lipinski definition) is 1. The van der Waals surface area contributed by atoms with E-state index < -0.39 is 0 Å². The van der Waals surface area contributed by atoms with E-state index >= 15 is 0 Å². The van der Waals surface area contributed by atoms with E-state index in [-0.39, 0.29) is 12.5 Å². The predicted molar refractivity (Wildman–Crippen MR) is 92.6 cm³/mol. The van der Waals surface area contributed by atoms with E-state index in [4.69, 9.17) is 21.7 Å². The monoisotopic (exact) mass is 330 g/mol. The van der Waals surface area contributed by atoms with Gasteiger partial charge in [-0.15, -0.1) is 0 Å². The highest BCUT2D eigenvalue weighted by atomic mass is 32.1. The van der Waals surface area contributed by atoms with Crippen LogP contribution in [0, 0.1) is 0 Å². The Bertz CT molecular complexity index is 709. The second kappa shape index (κ2) is 7.39. The zero-order valence-corrected chi connectivity index (χ0v) is 13.5. The molecule has 120 valence electrons. The molecule has 2 aromatic rings. The van der Waals surface area contributed by atoms with Crippen LogP contribution in [0.3, 0.4) is 0 Å². The summed E-state index contributed by atoms with van der Waals surface area (Å²) in [6.07, 6.45) is 0. The highest BCUT2D eigenvalue weighted by Crippen LogP contribution is 2.24. The summed E-state index contributed by atoms with van der Waals surface area (Å²) in [7, 11) is 0. The van der Waals surface area contributed by atoms with Crippen molar-refractivity contribution in [2.24, 2.45) is 0 Å². The number of amides is 1. The number of rotatable bonds is 3. The molecule has 3 rings (SSSR count). The Morgan fingerprint density at radius 2 is 1.91 bits per heavy atom. The zero-order valence-electron chi connectivity index (χ0n) is 12.7. The van der Waals surface area contributed by atoms with E-state index in [1.54, 1.807) is 0 Å². The van der Waals surface area contributed by atoms with Crippen molar-refractivity contribution in [1.29, 1.82) is 0 Å². The number of carbonyl (C=O) groups is 1. The number of thiocarbonyl (C=S) groups is 1. The molecule has 0 spiro atoms. The van der Waals surface area contributed by atoms with E-state index in [0.717, 1.165) is 10.8 Å². The third kappa shape index (κ3) is 3.97. The Morgan fingerprint density at radius 1 is 1.17 bits per heavy atom. The molecule has 0 aliphatic carbocycles. The first-order valence-corrected chi connectivity index (χ1v) is 7.92. The summed E-state index contributed by atoms with van der Waals surface area (Å²) in [5.74, 6) is 0.435. The summed E-state index contributed by atoms with van der Waals surface area (Å²) in [5.41, 5.74) is 0. The molecule has 1 aliphatic rings. The fraction of sp³-hybridized carbons (Fsp3) is 0.294. The summed E-state index contributed by atoms with van der Waals surface area (Å²) >= 11 is 5.24. The third-order valence-electron chi connectivity index (χ3n) is 3.65. The topological polar surface area (TPSA) is 50.8 Å². The first-order valence-electron chi connectivity index (χ1n) is 7.51. The minimum atomic E-state index is -0.255. The van der Waals surface area contributed by atoms with Crippen molar-refractivity contribution in [3.63, 3.8) is 0 Å². The van der Waals surface area contributed by atoms with Gasteiger partial charge in [-0.05, 0) is 23.7 Å². The van der Waals surface area contributed by atoms with Gasteiger partial charge in [0, 0.05) is 18.5 Å². The van der Waals surface area contributed by atoms with Crippen LogP contribution in [0.2, 0.25) is 0 Å². The fourth-order valence-electron chi connectivity index (χ4n) is 2.47. The van der Waals surface area contributed by atoms with E-state index in [9.17, 15) is 4.79 Å². The smallest absolute Gasteiger partial charge is 0.264 e. The fourth-order valence-corrected chi connectivity index (χ4v) is 2.76. The van der Waals surface area contributed by atoms with Crippen molar-refractivity contribution in [3.05, 3.63) is 42.5 Å². The van der Waals surface area contributed by atoms with Gasteiger partial charge < -0.3 is 19.7 Å². The maximum atomic E-state index is 12.0. The number of nitrogens with one attached hydrogen (secondary N) is 1. The average molecular weight is 330 g/mol. The normalized spacial score (nSPS) is 14.5. The average Bonchev–Trinajstić information content (AvgIpc) is 2.60. The van der Waals surface area contributed by atoms with Crippen LogP contribution in [0.15, 0.2) is 42.5 Å². The van der Waals surface area contributed by atoms with Gasteiger partial charge in [-0.3, -0.25) is 4.79 Å². The maximum Gasteiger partial charge on any atom is 0.264 e. The number of nitrogens with zero attached hydrogens (tertiary/aromatic N) is 1. The van der Waals surface area contributed by atoms with Gasteiger partial charge in [0.1, 0.15) is 5.75 Å². The maximum absolute atomic E-state index is 12.0. The standard InChI is InChI=1S/C17H18N2O3S/c20-16(18-17(23)19-8-10-21-11-9-19)12-22-15-7-3-5-13-4-1-2-6-14(13)15/h1-7H,8-12H2,(H,18,20,23). The number of carbonyl (C=O) groups excluding carboxylic acids is 1. The number of hydrogen-bond acceptors (Lipinski definition) is 4. The Labute approximate surface area is 140 Å². The van der Waals surface area contributed by atoms with Crippen LogP contribution in [0.4, 0.5) is 0 Å². The highest BCUT2D eigenvalue weighted by molar-refractivity contribution is 7.80. The van der Waals surface area contributed by atoms with Gasteiger partial charge in [-0.1, -0.05) is 36.4 Å². The third-order valence-corrected chi connectivity index (χ3v) is 4.01. The molecule has 0 aromatic heterocycles. The second-order valence-corrected chi connectivity index (χ2v) is 5.61. The zero-order chi connectivity index (χ0) is 16.1. The number of morpholine rings is 1. The van der Waals surface area contributed by atoms with E-state index in [2.05, 4.69) is 5.32 Å². The molecule has 0 unspecified atom stereocenters. The molecule has 0 radical (unpaired) electrons. The number of ether oxygens (including phenoxy) is 2. The van der Waals surface area contributed by atoms with Crippen LogP contribution in [-0.4, -0.2) is 48.8 Å². The van der Waals surface area contributed by atoms with Crippen LogP contribution in [-0.2, 0) is 9.53 Å². The van der Waals surface area contributed by atoms with Gasteiger partial charge in [0.05, 0.1) is 13.2 Å². The molecule has 1 N–H and O–H groups in total. The molecule has 0 atom stereocenters. The van der Waals surface area contributed by atoms with Crippen molar-refractivity contribution >= 4 is 34.0 Å². The molecule has 23 heavy (non-hydrogen) atoms. The van der Waals surface area contributed by atoms with E-state index in [0.29, 0.717) is 37.2 Å². The van der Waals surface area contributed by atoms with E-state index in [1.807, 2.05) is 47.4 Å². The summed E-state index contributed by atoms with van der Waals surface area (Å²) in [5, 5.41) is 5.20. The molecule has 0 bridgehead atoms. The second-order valence-electron chi connectivity index (χ2n) is 5.22. The first kappa shape index (κ1) is 15.7. The van der Waals surface area contributed by atoms with Crippen LogP contribution in [0.25, 0.3) is 10.8 Å². The lowest BCUT2D eigenvalue weighted by molar-refractivity contribution is -0.121. The lowest BCUT2D eigenvalue weighted by Crippen LogP contribution is -2.48. The molecule has 0 saturated carbocycles. The molecule has 1 heterocycles. The Hall–Kier alpha value is -2.18. The minimum absolute atomic E-state index is 0.0709. The Balaban J connectivity index is 1.57. The van der Waals surface area contributed by atoms with Gasteiger partial charge in [0.15, 0.2) is 11.7 Å². The summed E-state index contributed by atoms with van der Waals surface area (Å²) in [6, 6.07) is 13.7. The summed E-state index contributed by atoms with van der Waals surface area (Å²) in [6.45, 7) is 2.58. The van der Waals surface area contributed by atoms with Crippen molar-refractivity contribution in [1.82, 2.24) is 10.2 Å². The molecule has 5 nitrogen and oxygen atoms in total. The highest BCUT2D eigenvalue weighted by Gasteiger charge is 2.16. The molecule has 1 saturated heterocycles. The Kier molecular flexibility index (Phi) is 5.05. The van der Waals surface area contributed by atoms with Crippen molar-refractivity contribution < 1.29 is 14.3 Å². The van der Waals surface area contributed by atoms with Gasteiger partial charge in [0.25, 0.3) is 5.91 Å². The lowest BCUT2D eigenvalue weighted by atomic mass is 10.1. The van der Waals surface area contributed by atoms with Crippen LogP contribution in [0.1, 0.15) is 0 Å². The molecule has 1 amide bonds. The lowest BCUT2D eigenvalue weighted by Gasteiger charge is -2.28. The molecular weight excluding hydrogens is 312 g/mol. The quantitative estimate of drug-likeness (QED) is 0.872. The summed E-state index contributed by atoms with van der Waals surface area (Å²) < 4.78 is 10.9. The number of fused-ring (bicyclic) bond motifs is 1. The van der Waals surface area contributed by atoms with E-state index in [1.165, 1.54) is 0 Å². The van der Waals surface area contributed by atoms with Gasteiger partial charge in [-0.2, -0.15) is 0 Å². The van der Waals surface area contributed by atoms with Crippen molar-refractivity contribution in [2.45, 2.75) is 0 Å².